The van der Waals surface area contributed by atoms with Gasteiger partial charge in [-0.15, -0.1) is 0 Å². The second-order valence-electron chi connectivity index (χ2n) is 8.07. The van der Waals surface area contributed by atoms with Crippen molar-refractivity contribution in [1.82, 2.24) is 14.7 Å². The lowest BCUT2D eigenvalue weighted by molar-refractivity contribution is -0.141. The molecular weight excluding hydrogens is 398 g/mol. The third kappa shape index (κ3) is 4.44. The molecule has 0 bridgehead atoms. The maximum Gasteiger partial charge on any atom is 0.409 e. The molecule has 0 atom stereocenters. The Morgan fingerprint density at radius 3 is 2.42 bits per heavy atom. The van der Waals surface area contributed by atoms with Gasteiger partial charge in [0.15, 0.2) is 0 Å². The summed E-state index contributed by atoms with van der Waals surface area (Å²) in [4.78, 5) is 43.5. The molecule has 0 radical (unpaired) electrons. The minimum atomic E-state index is -0.364. The van der Waals surface area contributed by atoms with E-state index in [9.17, 15) is 19.5 Å². The first-order valence-electron chi connectivity index (χ1n) is 10.7. The summed E-state index contributed by atoms with van der Waals surface area (Å²) < 4.78 is 5.06. The Balaban J connectivity index is 1.89. The molecule has 168 valence electrons. The first-order valence-corrected chi connectivity index (χ1v) is 10.7. The molecule has 3 amide bonds. The first-order chi connectivity index (χ1) is 14.8. The maximum atomic E-state index is 13.5. The van der Waals surface area contributed by atoms with Crippen molar-refractivity contribution in [3.05, 3.63) is 40.6 Å². The van der Waals surface area contributed by atoms with Crippen molar-refractivity contribution in [3.8, 4) is 0 Å². The highest BCUT2D eigenvalue weighted by Crippen LogP contribution is 2.35. The average molecular weight is 430 g/mol. The molecule has 1 aromatic carbocycles. The molecule has 2 aliphatic heterocycles. The van der Waals surface area contributed by atoms with Gasteiger partial charge in [-0.05, 0) is 50.3 Å². The minimum absolute atomic E-state index is 0.125. The summed E-state index contributed by atoms with van der Waals surface area (Å²) in [7, 11) is 1.71. The standard InChI is InChI=1S/C23H31N3O5/c1-5-31-23(30)25-10-8-18(9-11-25)26-21(28)19(17-7-6-15(2)16(3)14-17)20(22(26)29)24(4)12-13-27/h6-7,14,18,27H,5,8-13H2,1-4H3. The highest BCUT2D eigenvalue weighted by atomic mass is 16.6. The summed E-state index contributed by atoms with van der Waals surface area (Å²) in [6.07, 6.45) is 0.651. The van der Waals surface area contributed by atoms with E-state index in [1.807, 2.05) is 32.0 Å². The number of piperidine rings is 1. The van der Waals surface area contributed by atoms with Crippen molar-refractivity contribution < 1.29 is 24.2 Å². The van der Waals surface area contributed by atoms with Crippen LogP contribution in [0, 0.1) is 13.8 Å². The van der Waals surface area contributed by atoms with Crippen molar-refractivity contribution >= 4 is 23.5 Å². The van der Waals surface area contributed by atoms with Crippen molar-refractivity contribution in [1.29, 1.82) is 0 Å². The number of nitrogens with zero attached hydrogens (tertiary/aromatic N) is 3. The number of likely N-dealkylation sites (tertiary alicyclic amines) is 1. The number of carbonyl (C=O) groups is 3. The quantitative estimate of drug-likeness (QED) is 0.695. The Bertz CT molecular complexity index is 902. The van der Waals surface area contributed by atoms with Gasteiger partial charge in [0.25, 0.3) is 11.8 Å². The van der Waals surface area contributed by atoms with Crippen LogP contribution >= 0.6 is 0 Å². The number of ether oxygens (including phenoxy) is 1. The molecule has 0 unspecified atom stereocenters. The van der Waals surface area contributed by atoms with Crippen LogP contribution in [0.3, 0.4) is 0 Å². The lowest BCUT2D eigenvalue weighted by atomic mass is 9.99. The zero-order valence-electron chi connectivity index (χ0n) is 18.7. The second-order valence-corrected chi connectivity index (χ2v) is 8.07. The average Bonchev–Trinajstić information content (AvgIpc) is 3.01. The molecule has 8 heteroatoms. The Morgan fingerprint density at radius 2 is 1.84 bits per heavy atom. The van der Waals surface area contributed by atoms with Crippen molar-refractivity contribution in [2.75, 3.05) is 39.9 Å². The molecule has 3 rings (SSSR count). The van der Waals surface area contributed by atoms with Gasteiger partial charge in [-0.3, -0.25) is 14.5 Å². The fraction of sp³-hybridized carbons (Fsp3) is 0.522. The van der Waals surface area contributed by atoms with Crippen LogP contribution < -0.4 is 0 Å². The fourth-order valence-corrected chi connectivity index (χ4v) is 4.16. The van der Waals surface area contributed by atoms with Gasteiger partial charge < -0.3 is 19.6 Å². The number of benzene rings is 1. The first kappa shape index (κ1) is 22.8. The van der Waals surface area contributed by atoms with E-state index in [1.165, 1.54) is 4.90 Å². The summed E-state index contributed by atoms with van der Waals surface area (Å²) in [5, 5.41) is 9.40. The number of hydrogen-bond acceptors (Lipinski definition) is 6. The summed E-state index contributed by atoms with van der Waals surface area (Å²) in [6.45, 7) is 7.03. The van der Waals surface area contributed by atoms with Crippen LogP contribution in [0.4, 0.5) is 4.79 Å². The van der Waals surface area contributed by atoms with Crippen LogP contribution in [0.5, 0.6) is 0 Å². The Morgan fingerprint density at radius 1 is 1.16 bits per heavy atom. The number of likely N-dealkylation sites (N-methyl/N-ethyl adjacent to an activating group) is 1. The molecule has 2 aliphatic rings. The van der Waals surface area contributed by atoms with E-state index in [1.54, 1.807) is 23.8 Å². The van der Waals surface area contributed by atoms with Gasteiger partial charge in [-0.2, -0.15) is 0 Å². The number of rotatable bonds is 6. The highest BCUT2D eigenvalue weighted by molar-refractivity contribution is 6.35. The van der Waals surface area contributed by atoms with Gasteiger partial charge in [0.05, 0.1) is 18.8 Å². The number of carbonyl (C=O) groups excluding carboxylic acids is 3. The topological polar surface area (TPSA) is 90.4 Å². The molecule has 0 aromatic heterocycles. The van der Waals surface area contributed by atoms with Gasteiger partial charge >= 0.3 is 6.09 Å². The summed E-state index contributed by atoms with van der Waals surface area (Å²) in [5.41, 5.74) is 3.53. The number of aliphatic hydroxyl groups is 1. The monoisotopic (exact) mass is 429 g/mol. The van der Waals surface area contributed by atoms with E-state index >= 15 is 0 Å². The summed E-state index contributed by atoms with van der Waals surface area (Å²) in [5.74, 6) is -0.661. The number of hydrogen-bond donors (Lipinski definition) is 1. The molecule has 1 fully saturated rings. The third-order valence-corrected chi connectivity index (χ3v) is 6.06. The van der Waals surface area contributed by atoms with E-state index < -0.39 is 0 Å². The summed E-state index contributed by atoms with van der Waals surface area (Å²) in [6, 6.07) is 5.45. The van der Waals surface area contributed by atoms with Crippen LogP contribution in [0.2, 0.25) is 0 Å². The Labute approximate surface area is 183 Å². The number of aryl methyl sites for hydroxylation is 2. The van der Waals surface area contributed by atoms with Gasteiger partial charge in [-0.25, -0.2) is 4.79 Å². The minimum Gasteiger partial charge on any atom is -0.450 e. The van der Waals surface area contributed by atoms with Gasteiger partial charge in [0, 0.05) is 32.7 Å². The van der Waals surface area contributed by atoms with Crippen LogP contribution in [-0.2, 0) is 14.3 Å². The Kier molecular flexibility index (Phi) is 7.00. The lowest BCUT2D eigenvalue weighted by Gasteiger charge is -2.35. The largest absolute Gasteiger partial charge is 0.450 e. The van der Waals surface area contributed by atoms with E-state index in [0.29, 0.717) is 49.4 Å². The SMILES string of the molecule is CCOC(=O)N1CCC(N2C(=O)C(c3ccc(C)c(C)c3)=C(N(C)CCO)C2=O)CC1. The van der Waals surface area contributed by atoms with E-state index in [2.05, 4.69) is 0 Å². The smallest absolute Gasteiger partial charge is 0.409 e. The van der Waals surface area contributed by atoms with Gasteiger partial charge in [0.2, 0.25) is 0 Å². The normalized spacial score (nSPS) is 17.6. The van der Waals surface area contributed by atoms with Gasteiger partial charge in [0.1, 0.15) is 5.70 Å². The van der Waals surface area contributed by atoms with E-state index in [0.717, 1.165) is 11.1 Å². The third-order valence-electron chi connectivity index (χ3n) is 6.06. The van der Waals surface area contributed by atoms with Crippen molar-refractivity contribution in [2.45, 2.75) is 39.7 Å². The van der Waals surface area contributed by atoms with Crippen LogP contribution in [0.15, 0.2) is 23.9 Å². The lowest BCUT2D eigenvalue weighted by Crippen LogP contribution is -2.49. The molecule has 1 N–H and O–H groups in total. The molecule has 1 saturated heterocycles. The molecule has 0 spiro atoms. The molecule has 8 nitrogen and oxygen atoms in total. The van der Waals surface area contributed by atoms with Crippen LogP contribution in [0.1, 0.15) is 36.5 Å². The molecule has 31 heavy (non-hydrogen) atoms. The van der Waals surface area contributed by atoms with Crippen LogP contribution in [0.25, 0.3) is 5.57 Å². The summed E-state index contributed by atoms with van der Waals surface area (Å²) >= 11 is 0. The number of imide groups is 1. The molecular formula is C23H31N3O5. The highest BCUT2D eigenvalue weighted by Gasteiger charge is 2.45. The van der Waals surface area contributed by atoms with Crippen LogP contribution in [-0.4, -0.2) is 83.7 Å². The second kappa shape index (κ2) is 9.51. The number of amides is 3. The molecule has 0 aliphatic carbocycles. The fourth-order valence-electron chi connectivity index (χ4n) is 4.16. The predicted molar refractivity (Wildman–Crippen MR) is 116 cm³/mol. The number of aliphatic hydroxyl groups excluding tert-OH is 1. The predicted octanol–water partition coefficient (Wildman–Crippen LogP) is 1.93. The van der Waals surface area contributed by atoms with Gasteiger partial charge in [-0.1, -0.05) is 18.2 Å². The molecule has 2 heterocycles. The van der Waals surface area contributed by atoms with E-state index in [4.69, 9.17) is 4.74 Å². The molecule has 0 saturated carbocycles. The zero-order valence-corrected chi connectivity index (χ0v) is 18.7. The van der Waals surface area contributed by atoms with Crippen molar-refractivity contribution in [2.24, 2.45) is 0 Å². The zero-order chi connectivity index (χ0) is 22.7. The Hall–Kier alpha value is -2.87. The van der Waals surface area contributed by atoms with Crippen molar-refractivity contribution in [3.63, 3.8) is 0 Å². The maximum absolute atomic E-state index is 13.5. The van der Waals surface area contributed by atoms with E-state index in [-0.39, 0.29) is 37.1 Å². The molecule has 1 aromatic rings.